The molecule has 0 spiro atoms. The van der Waals surface area contributed by atoms with Gasteiger partial charge in [0.05, 0.1) is 19.6 Å². The van der Waals surface area contributed by atoms with E-state index < -0.39 is 5.91 Å². The fourth-order valence-electron chi connectivity index (χ4n) is 2.00. The van der Waals surface area contributed by atoms with E-state index in [0.29, 0.717) is 25.6 Å². The smallest absolute Gasteiger partial charge is 0.237 e. The van der Waals surface area contributed by atoms with E-state index in [1.54, 1.807) is 11.3 Å². The van der Waals surface area contributed by atoms with Crippen LogP contribution in [0, 0.1) is 0 Å². The molecule has 0 radical (unpaired) electrons. The van der Waals surface area contributed by atoms with Gasteiger partial charge in [0, 0.05) is 19.0 Å². The Bertz CT molecular complexity index is 502. The van der Waals surface area contributed by atoms with Crippen molar-refractivity contribution in [1.29, 1.82) is 0 Å². The van der Waals surface area contributed by atoms with E-state index in [9.17, 15) is 9.59 Å². The van der Waals surface area contributed by atoms with Gasteiger partial charge in [0.25, 0.3) is 0 Å². The normalized spacial score (nSPS) is 16.9. The van der Waals surface area contributed by atoms with Crippen molar-refractivity contribution in [3.05, 3.63) is 10.0 Å². The molecule has 0 atom stereocenters. The number of aromatic nitrogens is 2. The molecule has 0 aromatic carbocycles. The van der Waals surface area contributed by atoms with Gasteiger partial charge in [-0.25, -0.2) is 0 Å². The second kappa shape index (κ2) is 6.27. The third-order valence-electron chi connectivity index (χ3n) is 3.08. The predicted molar refractivity (Wildman–Crippen MR) is 75.0 cm³/mol. The van der Waals surface area contributed by atoms with Crippen LogP contribution < -0.4 is 5.73 Å². The molecule has 8 heteroatoms. The molecule has 2 N–H and O–H groups in total. The van der Waals surface area contributed by atoms with Crippen LogP contribution in [-0.4, -0.2) is 58.0 Å². The highest BCUT2D eigenvalue weighted by Crippen LogP contribution is 2.20. The van der Waals surface area contributed by atoms with Crippen LogP contribution in [0.1, 0.15) is 29.8 Å². The molecule has 1 saturated heterocycles. The molecule has 0 aliphatic carbocycles. The van der Waals surface area contributed by atoms with Gasteiger partial charge in [-0.15, -0.1) is 10.2 Å². The minimum Gasteiger partial charge on any atom is -0.368 e. The van der Waals surface area contributed by atoms with Gasteiger partial charge >= 0.3 is 0 Å². The van der Waals surface area contributed by atoms with Gasteiger partial charge in [0.15, 0.2) is 0 Å². The lowest BCUT2D eigenvalue weighted by Gasteiger charge is -2.32. The molecule has 1 fully saturated rings. The molecule has 1 aliphatic rings. The van der Waals surface area contributed by atoms with E-state index >= 15 is 0 Å². The van der Waals surface area contributed by atoms with Gasteiger partial charge < -0.3 is 10.6 Å². The predicted octanol–water partition coefficient (Wildman–Crippen LogP) is -0.209. The molecule has 110 valence electrons. The van der Waals surface area contributed by atoms with E-state index in [1.807, 2.05) is 4.90 Å². The number of hydrogen-bond acceptors (Lipinski definition) is 6. The molecule has 0 saturated carbocycles. The first kappa shape index (κ1) is 14.9. The van der Waals surface area contributed by atoms with Crippen molar-refractivity contribution in [2.75, 3.05) is 26.2 Å². The highest BCUT2D eigenvalue weighted by molar-refractivity contribution is 7.11. The molecule has 0 unspecified atom stereocenters. The Hall–Kier alpha value is -1.54. The zero-order chi connectivity index (χ0) is 14.7. The van der Waals surface area contributed by atoms with Gasteiger partial charge in [-0.05, 0) is 0 Å². The van der Waals surface area contributed by atoms with E-state index in [2.05, 4.69) is 24.0 Å². The summed E-state index contributed by atoms with van der Waals surface area (Å²) in [5.74, 6) is -0.170. The van der Waals surface area contributed by atoms with Crippen molar-refractivity contribution in [3.63, 3.8) is 0 Å². The third-order valence-corrected chi connectivity index (χ3v) is 4.29. The molecule has 1 aromatic heterocycles. The van der Waals surface area contributed by atoms with Gasteiger partial charge in [-0.1, -0.05) is 25.2 Å². The zero-order valence-corrected chi connectivity index (χ0v) is 12.5. The molecule has 20 heavy (non-hydrogen) atoms. The van der Waals surface area contributed by atoms with Crippen LogP contribution in [0.15, 0.2) is 0 Å². The Morgan fingerprint density at radius 2 is 2.15 bits per heavy atom. The summed E-state index contributed by atoms with van der Waals surface area (Å²) in [6.45, 7) is 6.33. The SMILES string of the molecule is CC(C)c1nnc(CN2CCN(CC(N)=O)C(=O)C2)s1. The van der Waals surface area contributed by atoms with Crippen molar-refractivity contribution in [3.8, 4) is 0 Å². The summed E-state index contributed by atoms with van der Waals surface area (Å²) in [5, 5.41) is 10.2. The Labute approximate surface area is 121 Å². The molecule has 0 bridgehead atoms. The van der Waals surface area contributed by atoms with Crippen molar-refractivity contribution in [2.45, 2.75) is 26.3 Å². The van der Waals surface area contributed by atoms with Gasteiger partial charge in [-0.2, -0.15) is 0 Å². The summed E-state index contributed by atoms with van der Waals surface area (Å²) in [4.78, 5) is 26.3. The minimum absolute atomic E-state index is 0.00295. The second-order valence-electron chi connectivity index (χ2n) is 5.18. The van der Waals surface area contributed by atoms with E-state index in [0.717, 1.165) is 16.6 Å². The number of nitrogens with two attached hydrogens (primary N) is 1. The first-order valence-electron chi connectivity index (χ1n) is 6.56. The number of carbonyl (C=O) groups is 2. The zero-order valence-electron chi connectivity index (χ0n) is 11.7. The Kier molecular flexibility index (Phi) is 4.66. The molecule has 2 rings (SSSR count). The molecule has 2 amide bonds. The number of piperazine rings is 1. The topological polar surface area (TPSA) is 92.4 Å². The van der Waals surface area contributed by atoms with Crippen molar-refractivity contribution in [2.24, 2.45) is 5.73 Å². The maximum atomic E-state index is 11.9. The highest BCUT2D eigenvalue weighted by atomic mass is 32.1. The summed E-state index contributed by atoms with van der Waals surface area (Å²) in [7, 11) is 0. The Balaban J connectivity index is 1.89. The number of rotatable bonds is 5. The van der Waals surface area contributed by atoms with Crippen LogP contribution in [0.25, 0.3) is 0 Å². The lowest BCUT2D eigenvalue weighted by molar-refractivity contribution is -0.139. The quantitative estimate of drug-likeness (QED) is 0.812. The van der Waals surface area contributed by atoms with Crippen molar-refractivity contribution in [1.82, 2.24) is 20.0 Å². The van der Waals surface area contributed by atoms with Crippen molar-refractivity contribution < 1.29 is 9.59 Å². The molecule has 2 heterocycles. The monoisotopic (exact) mass is 297 g/mol. The number of carbonyl (C=O) groups excluding carboxylic acids is 2. The average Bonchev–Trinajstić information content (AvgIpc) is 2.81. The number of primary amides is 1. The van der Waals surface area contributed by atoms with E-state index in [-0.39, 0.29) is 12.5 Å². The van der Waals surface area contributed by atoms with Gasteiger partial charge in [0.2, 0.25) is 11.8 Å². The maximum Gasteiger partial charge on any atom is 0.237 e. The lowest BCUT2D eigenvalue weighted by atomic mass is 10.2. The third kappa shape index (κ3) is 3.73. The van der Waals surface area contributed by atoms with Crippen LogP contribution in [0.4, 0.5) is 0 Å². The summed E-state index contributed by atoms with van der Waals surface area (Å²) >= 11 is 1.58. The van der Waals surface area contributed by atoms with Gasteiger partial charge in [-0.3, -0.25) is 14.5 Å². The molecule has 1 aromatic rings. The minimum atomic E-state index is -0.475. The summed E-state index contributed by atoms with van der Waals surface area (Å²) in [5.41, 5.74) is 5.11. The first-order valence-corrected chi connectivity index (χ1v) is 7.38. The average molecular weight is 297 g/mol. The number of hydrogen-bond donors (Lipinski definition) is 1. The fourth-order valence-corrected chi connectivity index (χ4v) is 2.89. The van der Waals surface area contributed by atoms with Crippen LogP contribution in [0.3, 0.4) is 0 Å². The molecule has 1 aliphatic heterocycles. The lowest BCUT2D eigenvalue weighted by Crippen LogP contribution is -2.52. The maximum absolute atomic E-state index is 11.9. The second-order valence-corrected chi connectivity index (χ2v) is 6.27. The van der Waals surface area contributed by atoms with Gasteiger partial charge in [0.1, 0.15) is 10.0 Å². The first-order chi connectivity index (χ1) is 9.45. The van der Waals surface area contributed by atoms with E-state index in [4.69, 9.17) is 5.73 Å². The van der Waals surface area contributed by atoms with Crippen molar-refractivity contribution >= 4 is 23.2 Å². The van der Waals surface area contributed by atoms with Crippen LogP contribution in [0.5, 0.6) is 0 Å². The summed E-state index contributed by atoms with van der Waals surface area (Å²) < 4.78 is 0. The molecular formula is C12H19N5O2S. The van der Waals surface area contributed by atoms with Crippen LogP contribution >= 0.6 is 11.3 Å². The fraction of sp³-hybridized carbons (Fsp3) is 0.667. The standard InChI is InChI=1S/C12H19N5O2S/c1-8(2)12-15-14-10(20-12)6-16-3-4-17(5-9(13)18)11(19)7-16/h8H,3-7H2,1-2H3,(H2,13,18). The van der Waals surface area contributed by atoms with Crippen LogP contribution in [-0.2, 0) is 16.1 Å². The molecule has 7 nitrogen and oxygen atoms in total. The number of nitrogens with zero attached hydrogens (tertiary/aromatic N) is 4. The summed E-state index contributed by atoms with van der Waals surface area (Å²) in [6, 6.07) is 0. The van der Waals surface area contributed by atoms with E-state index in [1.165, 1.54) is 4.90 Å². The highest BCUT2D eigenvalue weighted by Gasteiger charge is 2.25. The summed E-state index contributed by atoms with van der Waals surface area (Å²) in [6.07, 6.45) is 0. The Morgan fingerprint density at radius 1 is 1.40 bits per heavy atom. The molecular weight excluding hydrogens is 278 g/mol. The number of amides is 2. The van der Waals surface area contributed by atoms with Crippen LogP contribution in [0.2, 0.25) is 0 Å². The largest absolute Gasteiger partial charge is 0.368 e. The Morgan fingerprint density at radius 3 is 2.70 bits per heavy atom.